The Kier molecular flexibility index (Phi) is 8.03. The van der Waals surface area contributed by atoms with Gasteiger partial charge in [-0.3, -0.25) is 4.90 Å². The van der Waals surface area contributed by atoms with Crippen molar-refractivity contribution in [3.63, 3.8) is 0 Å². The van der Waals surface area contributed by atoms with Crippen LogP contribution in [0.5, 0.6) is 11.5 Å². The van der Waals surface area contributed by atoms with Gasteiger partial charge >= 0.3 is 0 Å². The summed E-state index contributed by atoms with van der Waals surface area (Å²) in [5.41, 5.74) is 1.33. The van der Waals surface area contributed by atoms with E-state index in [1.165, 1.54) is 18.5 Å². The highest BCUT2D eigenvalue weighted by molar-refractivity contribution is 6.31. The highest BCUT2D eigenvalue weighted by Crippen LogP contribution is 2.35. The molecule has 0 aliphatic carbocycles. The fourth-order valence-electron chi connectivity index (χ4n) is 4.12. The summed E-state index contributed by atoms with van der Waals surface area (Å²) in [5.74, 6) is 1.35. The number of benzene rings is 2. The molecule has 4 rings (SSSR count). The number of halogens is 2. The summed E-state index contributed by atoms with van der Waals surface area (Å²) in [6.07, 6.45) is 2.39. The zero-order valence-electron chi connectivity index (χ0n) is 19.9. The Hall–Kier alpha value is -2.68. The van der Waals surface area contributed by atoms with Crippen LogP contribution in [-0.2, 0) is 0 Å². The lowest BCUT2D eigenvalue weighted by Gasteiger charge is -2.36. The van der Waals surface area contributed by atoms with Crippen LogP contribution in [0.2, 0.25) is 5.02 Å². The predicted octanol–water partition coefficient (Wildman–Crippen LogP) is 4.97. The fourth-order valence-corrected chi connectivity index (χ4v) is 4.30. The van der Waals surface area contributed by atoms with Crippen LogP contribution in [0.1, 0.15) is 20.3 Å². The number of methoxy groups -OCH3 is 1. The van der Waals surface area contributed by atoms with Crippen molar-refractivity contribution in [1.29, 1.82) is 0 Å². The molecule has 3 aromatic rings. The molecule has 34 heavy (non-hydrogen) atoms. The molecule has 1 saturated heterocycles. The molecule has 0 spiro atoms. The number of hydrogen-bond donors (Lipinski definition) is 1. The van der Waals surface area contributed by atoms with Gasteiger partial charge in [-0.2, -0.15) is 0 Å². The first kappa shape index (κ1) is 24.4. The second kappa shape index (κ2) is 11.2. The Morgan fingerprint density at radius 2 is 1.88 bits per heavy atom. The minimum absolute atomic E-state index is 0.0414. The molecule has 0 amide bonds. The molecule has 2 aromatic carbocycles. The van der Waals surface area contributed by atoms with Crippen LogP contribution in [0, 0.1) is 5.82 Å². The lowest BCUT2D eigenvalue weighted by atomic mass is 10.2. The van der Waals surface area contributed by atoms with Crippen LogP contribution in [-0.4, -0.2) is 72.3 Å². The van der Waals surface area contributed by atoms with E-state index in [9.17, 15) is 4.39 Å². The zero-order valence-corrected chi connectivity index (χ0v) is 20.6. The van der Waals surface area contributed by atoms with Gasteiger partial charge in [-0.25, -0.2) is 14.4 Å². The largest absolute Gasteiger partial charge is 0.493 e. The van der Waals surface area contributed by atoms with Gasteiger partial charge < -0.3 is 19.7 Å². The molecule has 1 aromatic heterocycles. The van der Waals surface area contributed by atoms with Crippen LogP contribution in [0.3, 0.4) is 0 Å². The van der Waals surface area contributed by atoms with Crippen molar-refractivity contribution < 1.29 is 13.9 Å². The molecular weight excluding hydrogens is 457 g/mol. The zero-order chi connectivity index (χ0) is 24.1. The fraction of sp³-hybridized carbons (Fsp3) is 0.440. The van der Waals surface area contributed by atoms with Gasteiger partial charge in [0.25, 0.3) is 0 Å². The Balaban J connectivity index is 1.42. The molecule has 1 aliphatic rings. The van der Waals surface area contributed by atoms with Crippen molar-refractivity contribution in [3.05, 3.63) is 47.5 Å². The number of nitrogens with zero attached hydrogens (tertiary/aromatic N) is 4. The van der Waals surface area contributed by atoms with Crippen LogP contribution >= 0.6 is 11.6 Å². The predicted molar refractivity (Wildman–Crippen MR) is 134 cm³/mol. The summed E-state index contributed by atoms with van der Waals surface area (Å²) in [4.78, 5) is 13.7. The van der Waals surface area contributed by atoms with Crippen molar-refractivity contribution in [2.24, 2.45) is 0 Å². The maximum Gasteiger partial charge on any atom is 0.162 e. The summed E-state index contributed by atoms with van der Waals surface area (Å²) < 4.78 is 25.2. The number of hydrogen-bond acceptors (Lipinski definition) is 7. The molecule has 0 radical (unpaired) electrons. The second-order valence-electron chi connectivity index (χ2n) is 8.67. The third-order valence-electron chi connectivity index (χ3n) is 6.12. The summed E-state index contributed by atoms with van der Waals surface area (Å²) in [7, 11) is 1.61. The highest BCUT2D eigenvalue weighted by Gasteiger charge is 2.18. The molecule has 2 heterocycles. The van der Waals surface area contributed by atoms with Gasteiger partial charge in [0.2, 0.25) is 0 Å². The summed E-state index contributed by atoms with van der Waals surface area (Å²) >= 11 is 5.92. The number of rotatable bonds is 9. The monoisotopic (exact) mass is 487 g/mol. The maximum atomic E-state index is 13.5. The van der Waals surface area contributed by atoms with E-state index in [-0.39, 0.29) is 5.02 Å². The Morgan fingerprint density at radius 3 is 2.59 bits per heavy atom. The van der Waals surface area contributed by atoms with Gasteiger partial charge in [-0.05, 0) is 44.5 Å². The molecule has 9 heteroatoms. The Morgan fingerprint density at radius 1 is 1.09 bits per heavy atom. The van der Waals surface area contributed by atoms with Gasteiger partial charge in [0, 0.05) is 55.9 Å². The molecule has 0 bridgehead atoms. The first-order chi connectivity index (χ1) is 16.4. The quantitative estimate of drug-likeness (QED) is 0.427. The molecule has 0 atom stereocenters. The number of piperazine rings is 1. The van der Waals surface area contributed by atoms with E-state index >= 15 is 0 Å². The molecular formula is C25H31ClFN5O2. The highest BCUT2D eigenvalue weighted by atomic mass is 35.5. The molecule has 1 aliphatic heterocycles. The van der Waals surface area contributed by atoms with Crippen molar-refractivity contribution in [1.82, 2.24) is 19.8 Å². The molecule has 7 nitrogen and oxygen atoms in total. The Bertz CT molecular complexity index is 1120. The van der Waals surface area contributed by atoms with E-state index in [0.717, 1.165) is 44.5 Å². The van der Waals surface area contributed by atoms with Crippen LogP contribution < -0.4 is 14.8 Å². The van der Waals surface area contributed by atoms with Gasteiger partial charge in [0.05, 0.1) is 24.3 Å². The van der Waals surface area contributed by atoms with Crippen LogP contribution in [0.25, 0.3) is 10.9 Å². The van der Waals surface area contributed by atoms with Crippen LogP contribution in [0.4, 0.5) is 15.9 Å². The minimum Gasteiger partial charge on any atom is -0.493 e. The molecule has 0 saturated carbocycles. The van der Waals surface area contributed by atoms with Crippen molar-refractivity contribution in [3.8, 4) is 11.5 Å². The smallest absolute Gasteiger partial charge is 0.162 e. The van der Waals surface area contributed by atoms with E-state index in [1.54, 1.807) is 13.2 Å². The van der Waals surface area contributed by atoms with E-state index in [1.807, 2.05) is 12.1 Å². The van der Waals surface area contributed by atoms with E-state index in [0.29, 0.717) is 41.2 Å². The summed E-state index contributed by atoms with van der Waals surface area (Å²) in [6, 6.07) is 8.76. The average molecular weight is 488 g/mol. The summed E-state index contributed by atoms with van der Waals surface area (Å²) in [6.45, 7) is 10.5. The third-order valence-corrected chi connectivity index (χ3v) is 6.41. The second-order valence-corrected chi connectivity index (χ2v) is 9.08. The van der Waals surface area contributed by atoms with Gasteiger partial charge in [0.15, 0.2) is 11.5 Å². The molecule has 0 unspecified atom stereocenters. The maximum absolute atomic E-state index is 13.5. The number of fused-ring (bicyclic) bond motifs is 1. The molecule has 1 fully saturated rings. The normalized spacial score (nSPS) is 15.1. The first-order valence-electron chi connectivity index (χ1n) is 11.6. The van der Waals surface area contributed by atoms with Gasteiger partial charge in [0.1, 0.15) is 18.0 Å². The van der Waals surface area contributed by atoms with Gasteiger partial charge in [-0.15, -0.1) is 0 Å². The van der Waals surface area contributed by atoms with E-state index in [4.69, 9.17) is 21.1 Å². The number of aromatic nitrogens is 2. The van der Waals surface area contributed by atoms with Crippen molar-refractivity contribution in [2.75, 3.05) is 51.8 Å². The van der Waals surface area contributed by atoms with E-state index in [2.05, 4.69) is 38.9 Å². The molecule has 182 valence electrons. The SMILES string of the molecule is COc1cc2ncnc(Nc3ccc(F)c(Cl)c3)c2cc1OCCCN1CCN(C(C)C)CC1. The Labute approximate surface area is 204 Å². The lowest BCUT2D eigenvalue weighted by Crippen LogP contribution is -2.49. The van der Waals surface area contributed by atoms with Crippen molar-refractivity contribution in [2.45, 2.75) is 26.3 Å². The summed E-state index contributed by atoms with van der Waals surface area (Å²) in [5, 5.41) is 4.00. The minimum atomic E-state index is -0.470. The first-order valence-corrected chi connectivity index (χ1v) is 12.0. The van der Waals surface area contributed by atoms with Crippen LogP contribution in [0.15, 0.2) is 36.7 Å². The standard InChI is InChI=1S/C25H31ClFN5O2/c1-17(2)32-10-8-31(9-11-32)7-4-12-34-24-14-19-22(15-23(24)33-3)28-16-29-25(19)30-18-5-6-21(27)20(26)13-18/h5-6,13-17H,4,7-12H2,1-3H3,(H,28,29,30). The van der Waals surface area contributed by atoms with Gasteiger partial charge in [-0.1, -0.05) is 11.6 Å². The number of nitrogens with one attached hydrogen (secondary N) is 1. The topological polar surface area (TPSA) is 62.8 Å². The number of anilines is 2. The average Bonchev–Trinajstić information content (AvgIpc) is 2.84. The lowest BCUT2D eigenvalue weighted by molar-refractivity contribution is 0.104. The van der Waals surface area contributed by atoms with E-state index < -0.39 is 5.82 Å². The van der Waals surface area contributed by atoms with Crippen molar-refractivity contribution >= 4 is 34.0 Å². The third kappa shape index (κ3) is 5.87. The number of ether oxygens (including phenoxy) is 2. The molecule has 1 N–H and O–H groups in total.